The molecule has 6 nitrogen and oxygen atoms in total. The van der Waals surface area contributed by atoms with Gasteiger partial charge < -0.3 is 21.1 Å². The number of benzene rings is 1. The molecule has 0 bridgehead atoms. The van der Waals surface area contributed by atoms with Crippen molar-refractivity contribution in [3.63, 3.8) is 0 Å². The largest absolute Gasteiger partial charge is 0.493 e. The highest BCUT2D eigenvalue weighted by Crippen LogP contribution is 2.33. The molecule has 4 N–H and O–H groups in total. The quantitative estimate of drug-likeness (QED) is 0.717. The summed E-state index contributed by atoms with van der Waals surface area (Å²) in [5.74, 6) is 0.241. The Hall–Kier alpha value is -1.60. The number of amides is 2. The topological polar surface area (TPSA) is 93.5 Å². The molecule has 1 heterocycles. The highest BCUT2D eigenvalue weighted by molar-refractivity contribution is 9.10. The molecule has 0 saturated heterocycles. The molecule has 2 amide bonds. The third-order valence-electron chi connectivity index (χ3n) is 3.79. The zero-order valence-electron chi connectivity index (χ0n) is 13.3. The Morgan fingerprint density at radius 2 is 2.17 bits per heavy atom. The van der Waals surface area contributed by atoms with Crippen molar-refractivity contribution in [2.75, 3.05) is 13.2 Å². The van der Waals surface area contributed by atoms with Gasteiger partial charge in [-0.25, -0.2) is 0 Å². The molecule has 2 rings (SSSR count). The van der Waals surface area contributed by atoms with Gasteiger partial charge in [-0.3, -0.25) is 9.59 Å². The van der Waals surface area contributed by atoms with Crippen LogP contribution < -0.4 is 21.1 Å². The van der Waals surface area contributed by atoms with E-state index in [1.807, 2.05) is 32.0 Å². The second-order valence-electron chi connectivity index (χ2n) is 5.93. The van der Waals surface area contributed by atoms with Crippen molar-refractivity contribution in [3.8, 4) is 5.75 Å². The summed E-state index contributed by atoms with van der Waals surface area (Å²) in [7, 11) is 0. The first kappa shape index (κ1) is 17.7. The number of hydrogen-bond acceptors (Lipinski definition) is 4. The molecule has 1 aliphatic rings. The Bertz CT molecular complexity index is 592. The van der Waals surface area contributed by atoms with Gasteiger partial charge in [0.25, 0.3) is 0 Å². The number of fused-ring (bicyclic) bond motifs is 1. The van der Waals surface area contributed by atoms with Crippen LogP contribution in [0.2, 0.25) is 0 Å². The normalized spacial score (nSPS) is 17.9. The second kappa shape index (κ2) is 7.79. The Labute approximate surface area is 144 Å². The third-order valence-corrected chi connectivity index (χ3v) is 4.28. The summed E-state index contributed by atoms with van der Waals surface area (Å²) in [6, 6.07) is 4.98. The molecule has 126 valence electrons. The lowest BCUT2D eigenvalue weighted by Crippen LogP contribution is -2.47. The number of carbonyl (C=O) groups is 2. The second-order valence-corrected chi connectivity index (χ2v) is 6.84. The van der Waals surface area contributed by atoms with Gasteiger partial charge in [0.1, 0.15) is 5.75 Å². The zero-order chi connectivity index (χ0) is 17.0. The van der Waals surface area contributed by atoms with Gasteiger partial charge in [-0.2, -0.15) is 0 Å². The predicted octanol–water partition coefficient (Wildman–Crippen LogP) is 1.49. The van der Waals surface area contributed by atoms with E-state index in [4.69, 9.17) is 10.5 Å². The molecule has 1 aliphatic heterocycles. The molecular weight excluding hydrogens is 362 g/mol. The summed E-state index contributed by atoms with van der Waals surface area (Å²) < 4.78 is 6.52. The smallest absolute Gasteiger partial charge is 0.239 e. The first-order chi connectivity index (χ1) is 10.9. The van der Waals surface area contributed by atoms with Crippen molar-refractivity contribution >= 4 is 27.7 Å². The van der Waals surface area contributed by atoms with Crippen molar-refractivity contribution in [1.82, 2.24) is 10.6 Å². The van der Waals surface area contributed by atoms with E-state index in [1.165, 1.54) is 0 Å². The van der Waals surface area contributed by atoms with E-state index < -0.39 is 6.04 Å². The highest BCUT2D eigenvalue weighted by atomic mass is 79.9. The molecule has 0 spiro atoms. The average molecular weight is 384 g/mol. The number of nitrogens with one attached hydrogen (secondary N) is 2. The van der Waals surface area contributed by atoms with Crippen LogP contribution in [-0.4, -0.2) is 31.0 Å². The maximum absolute atomic E-state index is 12.1. The fraction of sp³-hybridized carbons (Fsp3) is 0.500. The molecule has 0 saturated carbocycles. The molecule has 1 aromatic carbocycles. The molecule has 1 unspecified atom stereocenters. The van der Waals surface area contributed by atoms with Crippen LogP contribution >= 0.6 is 15.9 Å². The van der Waals surface area contributed by atoms with Gasteiger partial charge in [-0.15, -0.1) is 0 Å². The maximum Gasteiger partial charge on any atom is 0.239 e. The minimum absolute atomic E-state index is 0.0257. The Morgan fingerprint density at radius 1 is 1.43 bits per heavy atom. The predicted molar refractivity (Wildman–Crippen MR) is 91.0 cm³/mol. The summed E-state index contributed by atoms with van der Waals surface area (Å²) in [6.45, 7) is 4.19. The van der Waals surface area contributed by atoms with Crippen LogP contribution in [0.15, 0.2) is 22.7 Å². The minimum atomic E-state index is -0.609. The highest BCUT2D eigenvalue weighted by Gasteiger charge is 2.24. The van der Waals surface area contributed by atoms with Crippen molar-refractivity contribution in [1.29, 1.82) is 0 Å². The SMILES string of the molecule is CC(C)[C@H](N)C(=O)NCC(=O)NC1CCOc2ccc(Br)cc21. The average Bonchev–Trinajstić information content (AvgIpc) is 2.52. The van der Waals surface area contributed by atoms with Crippen LogP contribution in [-0.2, 0) is 9.59 Å². The minimum Gasteiger partial charge on any atom is -0.493 e. The summed E-state index contributed by atoms with van der Waals surface area (Å²) in [5, 5.41) is 5.50. The molecule has 0 fully saturated rings. The first-order valence-electron chi connectivity index (χ1n) is 7.63. The van der Waals surface area contributed by atoms with E-state index in [-0.39, 0.29) is 30.3 Å². The summed E-state index contributed by atoms with van der Waals surface area (Å²) in [5.41, 5.74) is 6.68. The van der Waals surface area contributed by atoms with Gasteiger partial charge in [0.05, 0.1) is 25.2 Å². The molecule has 23 heavy (non-hydrogen) atoms. The fourth-order valence-electron chi connectivity index (χ4n) is 2.35. The van der Waals surface area contributed by atoms with E-state index in [0.717, 1.165) is 15.8 Å². The Morgan fingerprint density at radius 3 is 2.87 bits per heavy atom. The molecule has 1 aromatic rings. The number of rotatable bonds is 5. The van der Waals surface area contributed by atoms with Crippen LogP contribution in [0.5, 0.6) is 5.75 Å². The van der Waals surface area contributed by atoms with Gasteiger partial charge in [0, 0.05) is 16.5 Å². The molecule has 2 atom stereocenters. The van der Waals surface area contributed by atoms with Crippen molar-refractivity contribution in [2.24, 2.45) is 11.7 Å². The van der Waals surface area contributed by atoms with Gasteiger partial charge in [0.15, 0.2) is 0 Å². The van der Waals surface area contributed by atoms with Gasteiger partial charge in [-0.1, -0.05) is 29.8 Å². The molecule has 0 radical (unpaired) electrons. The Kier molecular flexibility index (Phi) is 6.01. The van der Waals surface area contributed by atoms with Crippen LogP contribution in [0, 0.1) is 5.92 Å². The van der Waals surface area contributed by atoms with Crippen LogP contribution in [0.4, 0.5) is 0 Å². The lowest BCUT2D eigenvalue weighted by molar-refractivity contribution is -0.127. The fourth-order valence-corrected chi connectivity index (χ4v) is 2.73. The summed E-state index contributed by atoms with van der Waals surface area (Å²) >= 11 is 3.42. The molecule has 0 aliphatic carbocycles. The maximum atomic E-state index is 12.1. The monoisotopic (exact) mass is 383 g/mol. The van der Waals surface area contributed by atoms with Crippen LogP contribution in [0.25, 0.3) is 0 Å². The van der Waals surface area contributed by atoms with E-state index in [2.05, 4.69) is 26.6 Å². The van der Waals surface area contributed by atoms with Crippen LogP contribution in [0.1, 0.15) is 31.9 Å². The molecular formula is C16H22BrN3O3. The first-order valence-corrected chi connectivity index (χ1v) is 8.42. The van der Waals surface area contributed by atoms with Crippen molar-refractivity contribution in [3.05, 3.63) is 28.2 Å². The number of halogens is 1. The summed E-state index contributed by atoms with van der Waals surface area (Å²) in [4.78, 5) is 23.9. The lowest BCUT2D eigenvalue weighted by atomic mass is 10.0. The molecule has 7 heteroatoms. The van der Waals surface area contributed by atoms with Crippen molar-refractivity contribution in [2.45, 2.75) is 32.4 Å². The number of hydrogen-bond donors (Lipinski definition) is 3. The third kappa shape index (κ3) is 4.68. The van der Waals surface area contributed by atoms with Gasteiger partial charge in [0.2, 0.25) is 11.8 Å². The van der Waals surface area contributed by atoms with Crippen molar-refractivity contribution < 1.29 is 14.3 Å². The van der Waals surface area contributed by atoms with Gasteiger partial charge >= 0.3 is 0 Å². The van der Waals surface area contributed by atoms with E-state index >= 15 is 0 Å². The number of nitrogens with two attached hydrogens (primary N) is 1. The van der Waals surface area contributed by atoms with E-state index in [9.17, 15) is 9.59 Å². The zero-order valence-corrected chi connectivity index (χ0v) is 14.9. The Balaban J connectivity index is 1.92. The van der Waals surface area contributed by atoms with Gasteiger partial charge in [-0.05, 0) is 24.1 Å². The lowest BCUT2D eigenvalue weighted by Gasteiger charge is -2.27. The number of ether oxygens (including phenoxy) is 1. The summed E-state index contributed by atoms with van der Waals surface area (Å²) in [6.07, 6.45) is 0.689. The van der Waals surface area contributed by atoms with E-state index in [0.29, 0.717) is 13.0 Å². The standard InChI is InChI=1S/C16H22BrN3O3/c1-9(2)15(18)16(22)19-8-14(21)20-12-5-6-23-13-4-3-10(17)7-11(12)13/h3-4,7,9,12,15H,5-6,8,18H2,1-2H3,(H,19,22)(H,20,21)/t12?,15-/m0/s1. The van der Waals surface area contributed by atoms with E-state index in [1.54, 1.807) is 0 Å². The molecule has 0 aromatic heterocycles. The van der Waals surface area contributed by atoms with Crippen LogP contribution in [0.3, 0.4) is 0 Å². The number of carbonyl (C=O) groups excluding carboxylic acids is 2.